The number of benzene rings is 1. The smallest absolute Gasteiger partial charge is 0.422 e. The monoisotopic (exact) mass is 345 g/mol. The van der Waals surface area contributed by atoms with Crippen molar-refractivity contribution in [3.8, 4) is 5.75 Å². The number of thiophene rings is 1. The van der Waals surface area contributed by atoms with Crippen LogP contribution in [0.1, 0.15) is 18.1 Å². The van der Waals surface area contributed by atoms with Gasteiger partial charge in [-0.3, -0.25) is 0 Å². The molecule has 1 unspecified atom stereocenters. The predicted molar refractivity (Wildman–Crippen MR) is 83.6 cm³/mol. The number of aliphatic hydroxyl groups is 1. The third-order valence-electron chi connectivity index (χ3n) is 3.24. The fourth-order valence-corrected chi connectivity index (χ4v) is 2.82. The van der Waals surface area contributed by atoms with Gasteiger partial charge in [0.2, 0.25) is 0 Å². The zero-order chi connectivity index (χ0) is 16.9. The third kappa shape index (κ3) is 5.85. The summed E-state index contributed by atoms with van der Waals surface area (Å²) in [6.45, 7) is 1.16. The molecule has 0 aliphatic rings. The van der Waals surface area contributed by atoms with Crippen LogP contribution in [0.2, 0.25) is 0 Å². The highest BCUT2D eigenvalue weighted by Crippen LogP contribution is 2.23. The molecule has 2 N–H and O–H groups in total. The van der Waals surface area contributed by atoms with Crippen LogP contribution >= 0.6 is 11.3 Å². The molecule has 1 atom stereocenters. The molecule has 7 heteroatoms. The van der Waals surface area contributed by atoms with Gasteiger partial charge in [-0.15, -0.1) is 0 Å². The Bertz CT molecular complexity index is 612. The Morgan fingerprint density at radius 2 is 2.04 bits per heavy atom. The van der Waals surface area contributed by atoms with Crippen LogP contribution in [0.3, 0.4) is 0 Å². The Hall–Kier alpha value is -1.57. The van der Waals surface area contributed by atoms with Crippen molar-refractivity contribution in [3.05, 3.63) is 52.2 Å². The van der Waals surface area contributed by atoms with Gasteiger partial charge < -0.3 is 15.2 Å². The number of hydrogen-bond donors (Lipinski definition) is 2. The first-order chi connectivity index (χ1) is 10.8. The van der Waals surface area contributed by atoms with Crippen LogP contribution in [-0.4, -0.2) is 24.4 Å². The SMILES string of the molecule is CC(O)(CNCc1cccc(OCC(F)(F)F)c1)c1ccsc1. The summed E-state index contributed by atoms with van der Waals surface area (Å²) in [6.07, 6.45) is -4.35. The molecule has 1 aromatic heterocycles. The first kappa shape index (κ1) is 17.8. The van der Waals surface area contributed by atoms with Gasteiger partial charge in [0, 0.05) is 13.1 Å². The zero-order valence-electron chi connectivity index (χ0n) is 12.6. The quantitative estimate of drug-likeness (QED) is 0.804. The van der Waals surface area contributed by atoms with Crippen LogP contribution < -0.4 is 10.1 Å². The topological polar surface area (TPSA) is 41.5 Å². The normalized spacial score (nSPS) is 14.5. The lowest BCUT2D eigenvalue weighted by molar-refractivity contribution is -0.153. The molecule has 126 valence electrons. The van der Waals surface area contributed by atoms with E-state index < -0.39 is 18.4 Å². The fourth-order valence-electron chi connectivity index (χ4n) is 2.03. The fraction of sp³-hybridized carbons (Fsp3) is 0.375. The standard InChI is InChI=1S/C16H18F3NO2S/c1-15(21,13-5-6-23-9-13)10-20-8-12-3-2-4-14(7-12)22-11-16(17,18)19/h2-7,9,20-21H,8,10-11H2,1H3. The number of hydrogen-bond acceptors (Lipinski definition) is 4. The maximum absolute atomic E-state index is 12.1. The lowest BCUT2D eigenvalue weighted by Gasteiger charge is -2.23. The Kier molecular flexibility index (Phi) is 5.67. The van der Waals surface area contributed by atoms with E-state index in [4.69, 9.17) is 4.74 Å². The minimum atomic E-state index is -4.35. The van der Waals surface area contributed by atoms with E-state index in [1.165, 1.54) is 17.4 Å². The summed E-state index contributed by atoms with van der Waals surface area (Å²) in [5.41, 5.74) is 0.618. The maximum Gasteiger partial charge on any atom is 0.422 e. The van der Waals surface area contributed by atoms with Crippen LogP contribution in [0.5, 0.6) is 5.75 Å². The molecule has 0 fully saturated rings. The lowest BCUT2D eigenvalue weighted by atomic mass is 9.99. The average molecular weight is 345 g/mol. The summed E-state index contributed by atoms with van der Waals surface area (Å²) in [4.78, 5) is 0. The molecule has 2 rings (SSSR count). The predicted octanol–water partition coefficient (Wildman–Crippen LogP) is 3.69. The van der Waals surface area contributed by atoms with Crippen molar-refractivity contribution >= 4 is 11.3 Å². The molecular weight excluding hydrogens is 327 g/mol. The van der Waals surface area contributed by atoms with Crippen LogP contribution in [0, 0.1) is 0 Å². The van der Waals surface area contributed by atoms with Gasteiger partial charge in [-0.2, -0.15) is 24.5 Å². The molecule has 0 aliphatic carbocycles. The van der Waals surface area contributed by atoms with Crippen molar-refractivity contribution in [2.45, 2.75) is 25.2 Å². The molecule has 23 heavy (non-hydrogen) atoms. The molecule has 0 saturated carbocycles. The molecule has 1 heterocycles. The number of rotatable bonds is 7. The highest BCUT2D eigenvalue weighted by atomic mass is 32.1. The van der Waals surface area contributed by atoms with Crippen molar-refractivity contribution < 1.29 is 23.0 Å². The maximum atomic E-state index is 12.1. The molecule has 0 amide bonds. The molecule has 0 spiro atoms. The second-order valence-corrected chi connectivity index (χ2v) is 6.22. The van der Waals surface area contributed by atoms with E-state index in [0.29, 0.717) is 13.1 Å². The second-order valence-electron chi connectivity index (χ2n) is 5.44. The largest absolute Gasteiger partial charge is 0.484 e. The van der Waals surface area contributed by atoms with Gasteiger partial charge in [0.05, 0.1) is 5.60 Å². The number of halogens is 3. The summed E-state index contributed by atoms with van der Waals surface area (Å²) in [5, 5.41) is 17.3. The van der Waals surface area contributed by atoms with Crippen molar-refractivity contribution in [2.24, 2.45) is 0 Å². The van der Waals surface area contributed by atoms with Crippen LogP contribution in [0.4, 0.5) is 13.2 Å². The lowest BCUT2D eigenvalue weighted by Crippen LogP contribution is -2.34. The summed E-state index contributed by atoms with van der Waals surface area (Å²) >= 11 is 1.51. The van der Waals surface area contributed by atoms with Crippen molar-refractivity contribution in [2.75, 3.05) is 13.2 Å². The Morgan fingerprint density at radius 3 is 2.70 bits per heavy atom. The van der Waals surface area contributed by atoms with E-state index in [1.54, 1.807) is 25.1 Å². The van der Waals surface area contributed by atoms with Crippen molar-refractivity contribution in [1.29, 1.82) is 0 Å². The van der Waals surface area contributed by atoms with E-state index >= 15 is 0 Å². The van der Waals surface area contributed by atoms with E-state index in [0.717, 1.165) is 11.1 Å². The molecule has 3 nitrogen and oxygen atoms in total. The van der Waals surface area contributed by atoms with Crippen molar-refractivity contribution in [1.82, 2.24) is 5.32 Å². The summed E-state index contributed by atoms with van der Waals surface area (Å²) in [5.74, 6) is 0.172. The molecule has 0 bridgehead atoms. The van der Waals surface area contributed by atoms with Crippen LogP contribution in [0.15, 0.2) is 41.1 Å². The summed E-state index contributed by atoms with van der Waals surface area (Å²) in [7, 11) is 0. The number of ether oxygens (including phenoxy) is 1. The summed E-state index contributed by atoms with van der Waals surface area (Å²) in [6, 6.07) is 8.32. The van der Waals surface area contributed by atoms with Gasteiger partial charge in [-0.05, 0) is 47.0 Å². The van der Waals surface area contributed by atoms with Gasteiger partial charge in [-0.25, -0.2) is 0 Å². The van der Waals surface area contributed by atoms with E-state index in [2.05, 4.69) is 5.32 Å². The highest BCUT2D eigenvalue weighted by Gasteiger charge is 2.28. The summed E-state index contributed by atoms with van der Waals surface area (Å²) < 4.78 is 41.2. The van der Waals surface area contributed by atoms with Gasteiger partial charge >= 0.3 is 6.18 Å². The molecule has 0 saturated heterocycles. The first-order valence-corrected chi connectivity index (χ1v) is 7.95. The minimum Gasteiger partial charge on any atom is -0.484 e. The molecule has 0 aliphatic heterocycles. The average Bonchev–Trinajstić information content (AvgIpc) is 3.00. The Balaban J connectivity index is 1.86. The van der Waals surface area contributed by atoms with Crippen molar-refractivity contribution in [3.63, 3.8) is 0 Å². The van der Waals surface area contributed by atoms with E-state index in [-0.39, 0.29) is 5.75 Å². The molecular formula is C16H18F3NO2S. The van der Waals surface area contributed by atoms with Gasteiger partial charge in [-0.1, -0.05) is 12.1 Å². The number of nitrogens with one attached hydrogen (secondary N) is 1. The molecule has 1 aromatic carbocycles. The zero-order valence-corrected chi connectivity index (χ0v) is 13.4. The van der Waals surface area contributed by atoms with Gasteiger partial charge in [0.25, 0.3) is 0 Å². The first-order valence-electron chi connectivity index (χ1n) is 7.00. The molecule has 0 radical (unpaired) electrons. The van der Waals surface area contributed by atoms with E-state index in [1.807, 2.05) is 16.8 Å². The van der Waals surface area contributed by atoms with E-state index in [9.17, 15) is 18.3 Å². The second kappa shape index (κ2) is 7.33. The highest BCUT2D eigenvalue weighted by molar-refractivity contribution is 7.08. The van der Waals surface area contributed by atoms with Gasteiger partial charge in [0.15, 0.2) is 6.61 Å². The number of alkyl halides is 3. The molecule has 2 aromatic rings. The minimum absolute atomic E-state index is 0.172. The van der Waals surface area contributed by atoms with Crippen LogP contribution in [0.25, 0.3) is 0 Å². The Labute approximate surface area is 136 Å². The van der Waals surface area contributed by atoms with Crippen LogP contribution in [-0.2, 0) is 12.1 Å². The van der Waals surface area contributed by atoms with Gasteiger partial charge in [0.1, 0.15) is 5.75 Å². The third-order valence-corrected chi connectivity index (χ3v) is 3.93. The Morgan fingerprint density at radius 1 is 1.26 bits per heavy atom.